The average Bonchev–Trinajstić information content (AvgIpc) is 2.30. The Morgan fingerprint density at radius 1 is 1.29 bits per heavy atom. The first-order chi connectivity index (χ1) is 8.13. The van der Waals surface area contributed by atoms with E-state index >= 15 is 0 Å². The quantitative estimate of drug-likeness (QED) is 0.556. The molecule has 1 aromatic rings. The van der Waals surface area contributed by atoms with E-state index in [1.807, 2.05) is 6.07 Å². The molecule has 3 N–H and O–H groups in total. The maximum atomic E-state index is 11.4. The Labute approximate surface area is 99.2 Å². The molecule has 0 spiro atoms. The zero-order chi connectivity index (χ0) is 12.7. The van der Waals surface area contributed by atoms with Crippen LogP contribution < -0.4 is 5.73 Å². The van der Waals surface area contributed by atoms with Gasteiger partial charge in [-0.2, -0.15) is 0 Å². The van der Waals surface area contributed by atoms with Gasteiger partial charge in [0.25, 0.3) is 0 Å². The van der Waals surface area contributed by atoms with Crippen LogP contribution in [0, 0.1) is 0 Å². The van der Waals surface area contributed by atoms with Crippen LogP contribution in [-0.2, 0) is 20.7 Å². The maximum Gasteiger partial charge on any atom is 0.330 e. The molecule has 1 aromatic carbocycles. The van der Waals surface area contributed by atoms with Crippen LogP contribution in [-0.4, -0.2) is 29.7 Å². The van der Waals surface area contributed by atoms with E-state index < -0.39 is 18.0 Å². The first-order valence-corrected chi connectivity index (χ1v) is 5.28. The van der Waals surface area contributed by atoms with E-state index in [-0.39, 0.29) is 19.4 Å². The third-order valence-electron chi connectivity index (χ3n) is 2.15. The molecule has 0 aliphatic carbocycles. The summed E-state index contributed by atoms with van der Waals surface area (Å²) in [4.78, 5) is 22.6. The molecule has 1 rings (SSSR count). The Morgan fingerprint density at radius 3 is 2.53 bits per heavy atom. The summed E-state index contributed by atoms with van der Waals surface area (Å²) in [5.41, 5.74) is 6.15. The van der Waals surface area contributed by atoms with E-state index in [1.54, 1.807) is 24.3 Å². The van der Waals surface area contributed by atoms with Crippen molar-refractivity contribution in [3.63, 3.8) is 0 Å². The standard InChI is InChI=1S/C12H15NO4/c13-10(6-7-14)12(16)17-11(15)8-9-4-2-1-3-5-9/h1-5,10,14H,6-8,13H2/t10-/m0/s1. The Morgan fingerprint density at radius 2 is 1.94 bits per heavy atom. The number of carbonyl (C=O) groups is 2. The van der Waals surface area contributed by atoms with E-state index in [9.17, 15) is 9.59 Å². The number of aliphatic hydroxyl groups is 1. The summed E-state index contributed by atoms with van der Waals surface area (Å²) in [7, 11) is 0. The summed E-state index contributed by atoms with van der Waals surface area (Å²) in [6, 6.07) is 7.99. The van der Waals surface area contributed by atoms with E-state index in [1.165, 1.54) is 0 Å². The molecule has 17 heavy (non-hydrogen) atoms. The number of carbonyl (C=O) groups excluding carboxylic acids is 2. The van der Waals surface area contributed by atoms with E-state index in [0.717, 1.165) is 5.56 Å². The summed E-state index contributed by atoms with van der Waals surface area (Å²) >= 11 is 0. The summed E-state index contributed by atoms with van der Waals surface area (Å²) in [5, 5.41) is 8.58. The molecule has 0 fully saturated rings. The van der Waals surface area contributed by atoms with Gasteiger partial charge in [-0.15, -0.1) is 0 Å². The summed E-state index contributed by atoms with van der Waals surface area (Å²) in [6.07, 6.45) is 0.107. The number of ether oxygens (including phenoxy) is 1. The molecule has 0 aliphatic rings. The Balaban J connectivity index is 2.42. The Hall–Kier alpha value is -1.72. The molecule has 0 saturated carbocycles. The summed E-state index contributed by atoms with van der Waals surface area (Å²) < 4.78 is 4.55. The maximum absolute atomic E-state index is 11.4. The van der Waals surface area contributed by atoms with Gasteiger partial charge in [-0.25, -0.2) is 4.79 Å². The van der Waals surface area contributed by atoms with Gasteiger partial charge in [0.15, 0.2) is 0 Å². The lowest BCUT2D eigenvalue weighted by Gasteiger charge is -2.08. The van der Waals surface area contributed by atoms with Gasteiger partial charge in [-0.1, -0.05) is 30.3 Å². The highest BCUT2D eigenvalue weighted by molar-refractivity contribution is 5.89. The van der Waals surface area contributed by atoms with Gasteiger partial charge in [-0.3, -0.25) is 4.79 Å². The zero-order valence-electron chi connectivity index (χ0n) is 9.33. The largest absolute Gasteiger partial charge is 0.396 e. The third-order valence-corrected chi connectivity index (χ3v) is 2.15. The second-order valence-electron chi connectivity index (χ2n) is 3.57. The van der Waals surface area contributed by atoms with Crippen molar-refractivity contribution in [3.05, 3.63) is 35.9 Å². The van der Waals surface area contributed by atoms with E-state index in [0.29, 0.717) is 0 Å². The second kappa shape index (κ2) is 6.78. The number of benzene rings is 1. The van der Waals surface area contributed by atoms with Crippen LogP contribution in [0.3, 0.4) is 0 Å². The van der Waals surface area contributed by atoms with Gasteiger partial charge in [0.05, 0.1) is 6.42 Å². The van der Waals surface area contributed by atoms with Crippen LogP contribution in [0.15, 0.2) is 30.3 Å². The molecule has 5 heteroatoms. The summed E-state index contributed by atoms with van der Waals surface area (Å²) in [5.74, 6) is -1.45. The molecule has 0 aliphatic heterocycles. The predicted octanol–water partition coefficient (Wildman–Crippen LogP) is 0.00860. The first kappa shape index (κ1) is 13.3. The number of esters is 2. The molecule has 0 radical (unpaired) electrons. The molecular formula is C12H15NO4. The van der Waals surface area contributed by atoms with Crippen molar-refractivity contribution in [3.8, 4) is 0 Å². The van der Waals surface area contributed by atoms with Crippen LogP contribution in [0.5, 0.6) is 0 Å². The highest BCUT2D eigenvalue weighted by Crippen LogP contribution is 2.02. The Kier molecular flexibility index (Phi) is 5.32. The molecule has 0 saturated heterocycles. The van der Waals surface area contributed by atoms with Crippen molar-refractivity contribution < 1.29 is 19.4 Å². The monoisotopic (exact) mass is 237 g/mol. The van der Waals surface area contributed by atoms with Gasteiger partial charge >= 0.3 is 11.9 Å². The minimum Gasteiger partial charge on any atom is -0.396 e. The smallest absolute Gasteiger partial charge is 0.330 e. The van der Waals surface area contributed by atoms with Crippen LogP contribution in [0.2, 0.25) is 0 Å². The van der Waals surface area contributed by atoms with Crippen LogP contribution >= 0.6 is 0 Å². The van der Waals surface area contributed by atoms with Crippen molar-refractivity contribution in [1.29, 1.82) is 0 Å². The minimum atomic E-state index is -0.959. The molecule has 92 valence electrons. The fraction of sp³-hybridized carbons (Fsp3) is 0.333. The normalized spacial score (nSPS) is 11.9. The van der Waals surface area contributed by atoms with Crippen molar-refractivity contribution in [1.82, 2.24) is 0 Å². The van der Waals surface area contributed by atoms with Gasteiger partial charge in [-0.05, 0) is 12.0 Å². The van der Waals surface area contributed by atoms with Crippen molar-refractivity contribution in [2.24, 2.45) is 5.73 Å². The number of nitrogens with two attached hydrogens (primary N) is 1. The van der Waals surface area contributed by atoms with Crippen LogP contribution in [0.1, 0.15) is 12.0 Å². The molecule has 1 atom stereocenters. The van der Waals surface area contributed by atoms with Gasteiger partial charge in [0.2, 0.25) is 0 Å². The molecule has 5 nitrogen and oxygen atoms in total. The summed E-state index contributed by atoms with van der Waals surface area (Å²) in [6.45, 7) is -0.219. The lowest BCUT2D eigenvalue weighted by molar-refractivity contribution is -0.160. The van der Waals surface area contributed by atoms with E-state index in [4.69, 9.17) is 10.8 Å². The Bertz CT molecular complexity index is 377. The third kappa shape index (κ3) is 4.76. The molecule has 0 bridgehead atoms. The highest BCUT2D eigenvalue weighted by atomic mass is 16.6. The molecule has 0 unspecified atom stereocenters. The van der Waals surface area contributed by atoms with Crippen LogP contribution in [0.25, 0.3) is 0 Å². The van der Waals surface area contributed by atoms with Gasteiger partial charge in [0, 0.05) is 6.61 Å². The fourth-order valence-electron chi connectivity index (χ4n) is 1.24. The predicted molar refractivity (Wildman–Crippen MR) is 60.9 cm³/mol. The van der Waals surface area contributed by atoms with Gasteiger partial charge in [0.1, 0.15) is 6.04 Å². The lowest BCUT2D eigenvalue weighted by atomic mass is 10.1. The zero-order valence-corrected chi connectivity index (χ0v) is 9.33. The SMILES string of the molecule is N[C@@H](CCO)C(=O)OC(=O)Cc1ccccc1. The molecule has 0 aromatic heterocycles. The van der Waals surface area contributed by atoms with Gasteiger partial charge < -0.3 is 15.6 Å². The van der Waals surface area contributed by atoms with Crippen molar-refractivity contribution in [2.45, 2.75) is 18.9 Å². The topological polar surface area (TPSA) is 89.6 Å². The molecule has 0 amide bonds. The second-order valence-corrected chi connectivity index (χ2v) is 3.57. The van der Waals surface area contributed by atoms with Crippen LogP contribution in [0.4, 0.5) is 0 Å². The first-order valence-electron chi connectivity index (χ1n) is 5.28. The van der Waals surface area contributed by atoms with E-state index in [2.05, 4.69) is 4.74 Å². The number of hydrogen-bond donors (Lipinski definition) is 2. The van der Waals surface area contributed by atoms with Crippen molar-refractivity contribution >= 4 is 11.9 Å². The molecular weight excluding hydrogens is 222 g/mol. The lowest BCUT2D eigenvalue weighted by Crippen LogP contribution is -2.34. The highest BCUT2D eigenvalue weighted by Gasteiger charge is 2.18. The number of rotatable bonds is 5. The fourth-order valence-corrected chi connectivity index (χ4v) is 1.24. The number of hydrogen-bond acceptors (Lipinski definition) is 5. The number of aliphatic hydroxyl groups excluding tert-OH is 1. The van der Waals surface area contributed by atoms with Crippen molar-refractivity contribution in [2.75, 3.05) is 6.61 Å². The molecule has 0 heterocycles. The minimum absolute atomic E-state index is 0.0262. The average molecular weight is 237 g/mol.